The Morgan fingerprint density at radius 3 is 2.73 bits per heavy atom. The topological polar surface area (TPSA) is 63.9 Å². The van der Waals surface area contributed by atoms with Crippen LogP contribution in [0.5, 0.6) is 5.75 Å². The van der Waals surface area contributed by atoms with Crippen LogP contribution in [-0.4, -0.2) is 25.9 Å². The second-order valence-corrected chi connectivity index (χ2v) is 5.17. The quantitative estimate of drug-likeness (QED) is 0.785. The van der Waals surface area contributed by atoms with Crippen LogP contribution < -0.4 is 10.1 Å². The summed E-state index contributed by atoms with van der Waals surface area (Å²) in [5.74, 6) is 1.38. The van der Waals surface area contributed by atoms with Crippen LogP contribution >= 0.6 is 0 Å². The van der Waals surface area contributed by atoms with Crippen molar-refractivity contribution in [3.63, 3.8) is 0 Å². The van der Waals surface area contributed by atoms with Gasteiger partial charge in [-0.15, -0.1) is 0 Å². The van der Waals surface area contributed by atoms with E-state index in [1.54, 1.807) is 32.6 Å². The van der Waals surface area contributed by atoms with E-state index in [-0.39, 0.29) is 6.04 Å². The molecule has 1 heterocycles. The van der Waals surface area contributed by atoms with E-state index in [1.807, 2.05) is 19.1 Å². The molecule has 2 rings (SSSR count). The fourth-order valence-corrected chi connectivity index (χ4v) is 2.32. The van der Waals surface area contributed by atoms with Crippen LogP contribution in [0.3, 0.4) is 0 Å². The van der Waals surface area contributed by atoms with Gasteiger partial charge in [-0.3, -0.25) is 0 Å². The monoisotopic (exact) mass is 305 g/mol. The molecule has 0 bridgehead atoms. The minimum atomic E-state index is -0.658. The summed E-state index contributed by atoms with van der Waals surface area (Å²) in [6.07, 6.45) is 0.900. The Morgan fingerprint density at radius 1 is 1.27 bits per heavy atom. The molecule has 2 N–H and O–H groups in total. The highest BCUT2D eigenvalue weighted by Crippen LogP contribution is 2.24. The zero-order valence-electron chi connectivity index (χ0n) is 13.2. The number of benzene rings is 1. The summed E-state index contributed by atoms with van der Waals surface area (Å²) in [6.45, 7) is 2.96. The lowest BCUT2D eigenvalue weighted by Crippen LogP contribution is -2.24. The maximum atomic E-state index is 10.0. The molecule has 0 aliphatic rings. The first-order valence-electron chi connectivity index (χ1n) is 7.26. The van der Waals surface area contributed by atoms with E-state index in [9.17, 15) is 5.11 Å². The molecule has 0 aliphatic heterocycles. The Kier molecular flexibility index (Phi) is 6.00. The lowest BCUT2D eigenvalue weighted by atomic mass is 10.0. The van der Waals surface area contributed by atoms with E-state index in [0.29, 0.717) is 18.9 Å². The van der Waals surface area contributed by atoms with Crippen molar-refractivity contribution in [3.05, 3.63) is 53.5 Å². The van der Waals surface area contributed by atoms with Gasteiger partial charge in [0.2, 0.25) is 0 Å². The number of aliphatic hydroxyl groups is 1. The van der Waals surface area contributed by atoms with Crippen molar-refractivity contribution in [2.45, 2.75) is 25.7 Å². The van der Waals surface area contributed by atoms with Crippen molar-refractivity contribution < 1.29 is 19.0 Å². The molecule has 0 radical (unpaired) electrons. The van der Waals surface area contributed by atoms with Crippen LogP contribution in [0, 0.1) is 0 Å². The van der Waals surface area contributed by atoms with Gasteiger partial charge in [-0.2, -0.15) is 0 Å². The van der Waals surface area contributed by atoms with Crippen LogP contribution in [0.1, 0.15) is 36.0 Å². The van der Waals surface area contributed by atoms with E-state index in [2.05, 4.69) is 11.4 Å². The van der Waals surface area contributed by atoms with Crippen molar-refractivity contribution in [1.29, 1.82) is 0 Å². The van der Waals surface area contributed by atoms with Crippen molar-refractivity contribution >= 4 is 0 Å². The average Bonchev–Trinajstić information content (AvgIpc) is 3.07. The molecule has 0 spiro atoms. The van der Waals surface area contributed by atoms with Gasteiger partial charge in [0.25, 0.3) is 0 Å². The molecular weight excluding hydrogens is 282 g/mol. The van der Waals surface area contributed by atoms with Crippen LogP contribution in [0.25, 0.3) is 0 Å². The fourth-order valence-electron chi connectivity index (χ4n) is 2.32. The third kappa shape index (κ3) is 4.10. The predicted molar refractivity (Wildman–Crippen MR) is 83.8 cm³/mol. The number of furan rings is 1. The molecule has 0 aliphatic carbocycles. The highest BCUT2D eigenvalue weighted by atomic mass is 16.5. The van der Waals surface area contributed by atoms with E-state index < -0.39 is 6.10 Å². The molecule has 0 amide bonds. The molecule has 0 saturated heterocycles. The zero-order chi connectivity index (χ0) is 15.9. The largest absolute Gasteiger partial charge is 0.496 e. The summed E-state index contributed by atoms with van der Waals surface area (Å²) >= 11 is 0. The standard InChI is InChI=1S/C17H23NO4/c1-12(18-10-15(19)17-5-4-8-22-17)13-6-7-16(21-3)14(9-13)11-20-2/h4-9,12,15,18-19H,10-11H2,1-3H3. The number of ether oxygens (including phenoxy) is 2. The van der Waals surface area contributed by atoms with Crippen LogP contribution in [0.2, 0.25) is 0 Å². The molecule has 1 aromatic heterocycles. The minimum Gasteiger partial charge on any atom is -0.496 e. The SMILES string of the molecule is COCc1cc(C(C)NCC(O)c2ccco2)ccc1OC. The Hall–Kier alpha value is -1.82. The summed E-state index contributed by atoms with van der Waals surface area (Å²) in [7, 11) is 3.31. The van der Waals surface area contributed by atoms with E-state index in [1.165, 1.54) is 0 Å². The highest BCUT2D eigenvalue weighted by molar-refractivity contribution is 5.38. The Balaban J connectivity index is 1.99. The second-order valence-electron chi connectivity index (χ2n) is 5.17. The summed E-state index contributed by atoms with van der Waals surface area (Å²) in [6, 6.07) is 9.62. The number of aliphatic hydroxyl groups excluding tert-OH is 1. The maximum Gasteiger partial charge on any atom is 0.133 e. The number of rotatable bonds is 8. The van der Waals surface area contributed by atoms with Gasteiger partial charge in [0.1, 0.15) is 17.6 Å². The molecule has 1 aromatic carbocycles. The zero-order valence-corrected chi connectivity index (χ0v) is 13.2. The molecule has 0 fully saturated rings. The number of hydrogen-bond donors (Lipinski definition) is 2. The minimum absolute atomic E-state index is 0.0890. The van der Waals surface area contributed by atoms with Gasteiger partial charge >= 0.3 is 0 Å². The molecule has 2 aromatic rings. The second kappa shape index (κ2) is 7.98. The van der Waals surface area contributed by atoms with E-state index in [4.69, 9.17) is 13.9 Å². The van der Waals surface area contributed by atoms with Crippen LogP contribution in [0.15, 0.2) is 41.0 Å². The smallest absolute Gasteiger partial charge is 0.133 e. The molecular formula is C17H23NO4. The normalized spacial score (nSPS) is 13.8. The van der Waals surface area contributed by atoms with E-state index in [0.717, 1.165) is 16.9 Å². The van der Waals surface area contributed by atoms with Gasteiger partial charge in [0.15, 0.2) is 0 Å². The fraction of sp³-hybridized carbons (Fsp3) is 0.412. The summed E-state index contributed by atoms with van der Waals surface area (Å²) < 4.78 is 15.7. The number of hydrogen-bond acceptors (Lipinski definition) is 5. The highest BCUT2D eigenvalue weighted by Gasteiger charge is 2.14. The number of nitrogens with one attached hydrogen (secondary N) is 1. The van der Waals surface area contributed by atoms with Crippen LogP contribution in [-0.2, 0) is 11.3 Å². The first kappa shape index (κ1) is 16.5. The van der Waals surface area contributed by atoms with Crippen molar-refractivity contribution in [2.75, 3.05) is 20.8 Å². The summed E-state index contributed by atoms with van der Waals surface area (Å²) in [5.41, 5.74) is 2.11. The molecule has 5 heteroatoms. The van der Waals surface area contributed by atoms with E-state index >= 15 is 0 Å². The Labute approximate surface area is 130 Å². The Morgan fingerprint density at radius 2 is 2.09 bits per heavy atom. The molecule has 2 atom stereocenters. The summed E-state index contributed by atoms with van der Waals surface area (Å²) in [4.78, 5) is 0. The molecule has 120 valence electrons. The van der Waals surface area contributed by atoms with Gasteiger partial charge in [-0.05, 0) is 36.8 Å². The molecule has 5 nitrogen and oxygen atoms in total. The average molecular weight is 305 g/mol. The van der Waals surface area contributed by atoms with Gasteiger partial charge in [0, 0.05) is 25.3 Å². The first-order chi connectivity index (χ1) is 10.7. The summed E-state index contributed by atoms with van der Waals surface area (Å²) in [5, 5.41) is 13.3. The van der Waals surface area contributed by atoms with Crippen molar-refractivity contribution in [1.82, 2.24) is 5.32 Å². The number of methoxy groups -OCH3 is 2. The van der Waals surface area contributed by atoms with Gasteiger partial charge in [0.05, 0.1) is 20.0 Å². The first-order valence-corrected chi connectivity index (χ1v) is 7.26. The molecule has 0 saturated carbocycles. The van der Waals surface area contributed by atoms with Gasteiger partial charge in [-0.25, -0.2) is 0 Å². The molecule has 22 heavy (non-hydrogen) atoms. The van der Waals surface area contributed by atoms with Crippen molar-refractivity contribution in [2.24, 2.45) is 0 Å². The molecule has 2 unspecified atom stereocenters. The third-order valence-corrected chi connectivity index (χ3v) is 3.59. The van der Waals surface area contributed by atoms with Crippen LogP contribution in [0.4, 0.5) is 0 Å². The Bertz CT molecular complexity index is 568. The van der Waals surface area contributed by atoms with Crippen molar-refractivity contribution in [3.8, 4) is 5.75 Å². The van der Waals surface area contributed by atoms with Gasteiger partial charge in [-0.1, -0.05) is 6.07 Å². The predicted octanol–water partition coefficient (Wildman–Crippen LogP) is 2.82. The third-order valence-electron chi connectivity index (χ3n) is 3.59. The lowest BCUT2D eigenvalue weighted by molar-refractivity contribution is 0.144. The van der Waals surface area contributed by atoms with Gasteiger partial charge < -0.3 is 24.3 Å². The lowest BCUT2D eigenvalue weighted by Gasteiger charge is -2.18. The maximum absolute atomic E-state index is 10.0.